The Balaban J connectivity index is 2.28. The summed E-state index contributed by atoms with van der Waals surface area (Å²) in [6.07, 6.45) is 6.79. The zero-order chi connectivity index (χ0) is 5.56. The first-order valence-corrected chi connectivity index (χ1v) is 3.56. The van der Waals surface area contributed by atoms with E-state index in [0.29, 0.717) is 0 Å². The van der Waals surface area contributed by atoms with E-state index < -0.39 is 0 Å². The summed E-state index contributed by atoms with van der Waals surface area (Å²) in [4.78, 5) is 0. The van der Waals surface area contributed by atoms with Gasteiger partial charge in [0.05, 0.1) is 0 Å². The van der Waals surface area contributed by atoms with E-state index in [9.17, 15) is 0 Å². The molecule has 2 rings (SSSR count). The minimum atomic E-state index is 0.916. The van der Waals surface area contributed by atoms with E-state index in [2.05, 4.69) is 13.0 Å². The average Bonchev–Trinajstić information content (AvgIpc) is 2.23. The predicted octanol–water partition coefficient (Wildman–Crippen LogP) is 2.36. The Morgan fingerprint density at radius 1 is 1.62 bits per heavy atom. The van der Waals surface area contributed by atoms with Crippen LogP contribution in [0.5, 0.6) is 0 Å². The molecule has 0 aromatic rings. The van der Waals surface area contributed by atoms with Crippen LogP contribution in [0.15, 0.2) is 11.6 Å². The summed E-state index contributed by atoms with van der Waals surface area (Å²) in [6.45, 7) is 2.34. The van der Waals surface area contributed by atoms with Crippen molar-refractivity contribution in [2.75, 3.05) is 0 Å². The molecule has 0 saturated heterocycles. The van der Waals surface area contributed by atoms with Crippen LogP contribution in [0.2, 0.25) is 0 Å². The fourth-order valence-electron chi connectivity index (χ4n) is 2.02. The Morgan fingerprint density at radius 2 is 2.50 bits per heavy atom. The van der Waals surface area contributed by atoms with Crippen LogP contribution >= 0.6 is 0 Å². The van der Waals surface area contributed by atoms with Crippen molar-refractivity contribution >= 4 is 0 Å². The van der Waals surface area contributed by atoms with Gasteiger partial charge < -0.3 is 0 Å². The summed E-state index contributed by atoms with van der Waals surface area (Å²) in [6, 6.07) is 0. The van der Waals surface area contributed by atoms with E-state index in [1.807, 2.05) is 0 Å². The molecule has 0 aromatic carbocycles. The molecule has 1 saturated carbocycles. The molecule has 2 bridgehead atoms. The zero-order valence-electron chi connectivity index (χ0n) is 5.35. The average molecular weight is 108 g/mol. The lowest BCUT2D eigenvalue weighted by Gasteiger charge is -2.10. The highest BCUT2D eigenvalue weighted by Crippen LogP contribution is 2.42. The van der Waals surface area contributed by atoms with Crippen LogP contribution in [0.3, 0.4) is 0 Å². The molecule has 0 radical (unpaired) electrons. The quantitative estimate of drug-likeness (QED) is 0.418. The van der Waals surface area contributed by atoms with Gasteiger partial charge in [0.1, 0.15) is 0 Å². The van der Waals surface area contributed by atoms with Gasteiger partial charge in [0.15, 0.2) is 0 Å². The third-order valence-electron chi connectivity index (χ3n) is 2.60. The van der Waals surface area contributed by atoms with Gasteiger partial charge in [-0.15, -0.1) is 0 Å². The van der Waals surface area contributed by atoms with Crippen LogP contribution in [0.25, 0.3) is 0 Å². The second kappa shape index (κ2) is 1.37. The van der Waals surface area contributed by atoms with Gasteiger partial charge in [0, 0.05) is 0 Å². The second-order valence-electron chi connectivity index (χ2n) is 3.19. The smallest absolute Gasteiger partial charge is 0.0228 e. The summed E-state index contributed by atoms with van der Waals surface area (Å²) in [7, 11) is 0. The molecule has 8 heavy (non-hydrogen) atoms. The molecule has 2 atom stereocenters. The first kappa shape index (κ1) is 4.60. The molecule has 0 heteroatoms. The van der Waals surface area contributed by atoms with E-state index in [4.69, 9.17) is 0 Å². The summed E-state index contributed by atoms with van der Waals surface area (Å²) in [5.74, 6) is 1.96. The van der Waals surface area contributed by atoms with Gasteiger partial charge in [-0.1, -0.05) is 18.6 Å². The lowest BCUT2D eigenvalue weighted by Crippen LogP contribution is -2.00. The van der Waals surface area contributed by atoms with Gasteiger partial charge >= 0.3 is 0 Å². The highest BCUT2D eigenvalue weighted by molar-refractivity contribution is 5.18. The Morgan fingerprint density at radius 3 is 2.75 bits per heavy atom. The molecule has 0 amide bonds. The number of fused-ring (bicyclic) bond motifs is 2. The van der Waals surface area contributed by atoms with E-state index in [1.165, 1.54) is 19.3 Å². The van der Waals surface area contributed by atoms with Crippen molar-refractivity contribution < 1.29 is 0 Å². The summed E-state index contributed by atoms with van der Waals surface area (Å²) in [5.41, 5.74) is 1.74. The van der Waals surface area contributed by atoms with Crippen LogP contribution in [0, 0.1) is 11.8 Å². The number of rotatable bonds is 0. The van der Waals surface area contributed by atoms with Gasteiger partial charge in [-0.05, 0) is 31.1 Å². The van der Waals surface area contributed by atoms with E-state index in [0.717, 1.165) is 11.8 Å². The van der Waals surface area contributed by atoms with Crippen molar-refractivity contribution in [3.05, 3.63) is 11.6 Å². The van der Waals surface area contributed by atoms with Gasteiger partial charge in [-0.2, -0.15) is 0 Å². The number of hydrogen-bond acceptors (Lipinski definition) is 0. The van der Waals surface area contributed by atoms with Gasteiger partial charge in [-0.25, -0.2) is 0 Å². The Bertz CT molecular complexity index is 133. The number of hydrogen-bond donors (Lipinski definition) is 0. The molecular formula is C8H12. The van der Waals surface area contributed by atoms with Gasteiger partial charge in [0.25, 0.3) is 0 Å². The largest absolute Gasteiger partial charge is 0.0822 e. The molecular weight excluding hydrogens is 96.1 g/mol. The van der Waals surface area contributed by atoms with Gasteiger partial charge in [0.2, 0.25) is 0 Å². The minimum Gasteiger partial charge on any atom is -0.0822 e. The van der Waals surface area contributed by atoms with Crippen LogP contribution in [0.4, 0.5) is 0 Å². The first-order valence-electron chi connectivity index (χ1n) is 3.56. The lowest BCUT2D eigenvalue weighted by atomic mass is 9.95. The maximum atomic E-state index is 2.47. The van der Waals surface area contributed by atoms with Crippen LogP contribution in [-0.4, -0.2) is 0 Å². The van der Waals surface area contributed by atoms with Crippen molar-refractivity contribution in [3.8, 4) is 0 Å². The predicted molar refractivity (Wildman–Crippen MR) is 34.6 cm³/mol. The third-order valence-corrected chi connectivity index (χ3v) is 2.60. The fraction of sp³-hybridized carbons (Fsp3) is 0.750. The first-order chi connectivity index (χ1) is 3.86. The standard InChI is InChI=1S/C8H12/c1-6-4-7-2-3-8(6)5-7/h4,6,8H,2-3,5H2,1H3. The van der Waals surface area contributed by atoms with Crippen LogP contribution in [0.1, 0.15) is 26.2 Å². The highest BCUT2D eigenvalue weighted by atomic mass is 14.3. The second-order valence-corrected chi connectivity index (χ2v) is 3.19. The molecule has 1 fully saturated rings. The molecule has 0 N–H and O–H groups in total. The van der Waals surface area contributed by atoms with E-state index >= 15 is 0 Å². The summed E-state index contributed by atoms with van der Waals surface area (Å²) >= 11 is 0. The van der Waals surface area contributed by atoms with E-state index in [1.54, 1.807) is 5.57 Å². The highest BCUT2D eigenvalue weighted by Gasteiger charge is 2.29. The summed E-state index contributed by atoms with van der Waals surface area (Å²) < 4.78 is 0. The Hall–Kier alpha value is -0.260. The van der Waals surface area contributed by atoms with Crippen molar-refractivity contribution in [2.24, 2.45) is 11.8 Å². The van der Waals surface area contributed by atoms with Crippen molar-refractivity contribution in [1.82, 2.24) is 0 Å². The maximum Gasteiger partial charge on any atom is -0.0228 e. The lowest BCUT2D eigenvalue weighted by molar-refractivity contribution is 0.452. The minimum absolute atomic E-state index is 0.916. The van der Waals surface area contributed by atoms with Gasteiger partial charge in [-0.3, -0.25) is 0 Å². The van der Waals surface area contributed by atoms with Crippen LogP contribution in [-0.2, 0) is 0 Å². The normalized spacial score (nSPS) is 42.9. The Labute approximate surface area is 50.6 Å². The van der Waals surface area contributed by atoms with Crippen molar-refractivity contribution in [3.63, 3.8) is 0 Å². The van der Waals surface area contributed by atoms with E-state index in [-0.39, 0.29) is 0 Å². The molecule has 2 aliphatic carbocycles. The van der Waals surface area contributed by atoms with Crippen molar-refractivity contribution in [2.45, 2.75) is 26.2 Å². The third kappa shape index (κ3) is 0.460. The molecule has 0 aromatic heterocycles. The molecule has 2 aliphatic rings. The SMILES string of the molecule is CC1C=C2CCC1C2. The van der Waals surface area contributed by atoms with Crippen LogP contribution < -0.4 is 0 Å². The zero-order valence-corrected chi connectivity index (χ0v) is 5.35. The Kier molecular flexibility index (Phi) is 0.787. The summed E-state index contributed by atoms with van der Waals surface area (Å²) in [5, 5.41) is 0. The molecule has 2 unspecified atom stereocenters. The molecule has 0 aliphatic heterocycles. The fourth-order valence-corrected chi connectivity index (χ4v) is 2.02. The molecule has 0 spiro atoms. The topological polar surface area (TPSA) is 0 Å². The monoisotopic (exact) mass is 108 g/mol. The number of allylic oxidation sites excluding steroid dienone is 2. The molecule has 0 nitrogen and oxygen atoms in total. The molecule has 44 valence electrons. The molecule has 0 heterocycles. The van der Waals surface area contributed by atoms with Crippen molar-refractivity contribution in [1.29, 1.82) is 0 Å². The maximum absolute atomic E-state index is 2.47.